The average molecular weight is 363 g/mol. The van der Waals surface area contributed by atoms with E-state index in [0.717, 1.165) is 22.1 Å². The Bertz CT molecular complexity index is 555. The predicted octanol–water partition coefficient (Wildman–Crippen LogP) is 2.90. The Morgan fingerprint density at radius 1 is 1.20 bits per heavy atom. The minimum Gasteiger partial charge on any atom is -0.313 e. The van der Waals surface area contributed by atoms with Gasteiger partial charge in [0.15, 0.2) is 0 Å². The zero-order chi connectivity index (χ0) is 15.3. The molecule has 0 fully saturated rings. The van der Waals surface area contributed by atoms with Crippen LogP contribution in [0.5, 0.6) is 0 Å². The van der Waals surface area contributed by atoms with E-state index < -0.39 is 10.0 Å². The lowest BCUT2D eigenvalue weighted by molar-refractivity contribution is 0.444. The normalized spacial score (nSPS) is 12.1. The highest BCUT2D eigenvalue weighted by atomic mass is 79.9. The van der Waals surface area contributed by atoms with Crippen LogP contribution in [0.25, 0.3) is 0 Å². The molecule has 0 spiro atoms. The molecule has 0 heterocycles. The molecule has 1 N–H and O–H groups in total. The van der Waals surface area contributed by atoms with Crippen molar-refractivity contribution in [2.45, 2.75) is 39.1 Å². The van der Waals surface area contributed by atoms with Gasteiger partial charge in [0.05, 0.1) is 4.90 Å². The minimum absolute atomic E-state index is 0.392. The van der Waals surface area contributed by atoms with E-state index in [9.17, 15) is 8.42 Å². The van der Waals surface area contributed by atoms with E-state index in [0.29, 0.717) is 24.5 Å². The van der Waals surface area contributed by atoms with Crippen LogP contribution in [0.15, 0.2) is 21.5 Å². The number of hydrogen-bond donors (Lipinski definition) is 1. The van der Waals surface area contributed by atoms with E-state index in [1.807, 2.05) is 33.8 Å². The van der Waals surface area contributed by atoms with E-state index in [1.54, 1.807) is 6.07 Å². The van der Waals surface area contributed by atoms with Crippen molar-refractivity contribution in [3.8, 4) is 0 Å². The second kappa shape index (κ2) is 7.54. The number of sulfonamides is 1. The lowest BCUT2D eigenvalue weighted by Crippen LogP contribution is -2.31. The highest BCUT2D eigenvalue weighted by Gasteiger charge is 2.24. The molecule has 0 radical (unpaired) electrons. The van der Waals surface area contributed by atoms with Crippen molar-refractivity contribution in [2.75, 3.05) is 19.6 Å². The summed E-state index contributed by atoms with van der Waals surface area (Å²) in [5, 5.41) is 3.22. The van der Waals surface area contributed by atoms with Crippen LogP contribution >= 0.6 is 15.9 Å². The standard InChI is InChI=1S/C14H23BrN2O2S/c1-5-16-10-12-8-13(15)11(4)14(9-12)20(18,19)17(6-2)7-3/h8-9,16H,5-7,10H2,1-4H3. The molecule has 0 aromatic heterocycles. The van der Waals surface area contributed by atoms with Crippen LogP contribution < -0.4 is 5.32 Å². The molecule has 20 heavy (non-hydrogen) atoms. The second-order valence-electron chi connectivity index (χ2n) is 4.57. The number of nitrogens with one attached hydrogen (secondary N) is 1. The van der Waals surface area contributed by atoms with Gasteiger partial charge in [-0.05, 0) is 36.7 Å². The first-order valence-corrected chi connectivity index (χ1v) is 9.11. The molecule has 0 aliphatic carbocycles. The van der Waals surface area contributed by atoms with Crippen LogP contribution in [-0.4, -0.2) is 32.4 Å². The maximum absolute atomic E-state index is 12.7. The van der Waals surface area contributed by atoms with E-state index >= 15 is 0 Å². The van der Waals surface area contributed by atoms with E-state index in [4.69, 9.17) is 0 Å². The van der Waals surface area contributed by atoms with Gasteiger partial charge in [0, 0.05) is 24.1 Å². The van der Waals surface area contributed by atoms with Gasteiger partial charge >= 0.3 is 0 Å². The summed E-state index contributed by atoms with van der Waals surface area (Å²) in [4.78, 5) is 0.392. The summed E-state index contributed by atoms with van der Waals surface area (Å²) < 4.78 is 27.7. The first-order valence-electron chi connectivity index (χ1n) is 6.88. The van der Waals surface area contributed by atoms with Crippen molar-refractivity contribution in [3.63, 3.8) is 0 Å². The fourth-order valence-corrected chi connectivity index (χ4v) is 4.44. The second-order valence-corrected chi connectivity index (χ2v) is 7.33. The van der Waals surface area contributed by atoms with Crippen LogP contribution in [0, 0.1) is 6.92 Å². The number of hydrogen-bond acceptors (Lipinski definition) is 3. The van der Waals surface area contributed by atoms with Gasteiger partial charge in [-0.2, -0.15) is 4.31 Å². The molecule has 0 aliphatic rings. The molecule has 1 aromatic carbocycles. The van der Waals surface area contributed by atoms with Crippen LogP contribution in [0.2, 0.25) is 0 Å². The average Bonchev–Trinajstić information content (AvgIpc) is 2.40. The van der Waals surface area contributed by atoms with Crippen molar-refractivity contribution in [1.29, 1.82) is 0 Å². The molecule has 0 amide bonds. The molecule has 6 heteroatoms. The molecule has 4 nitrogen and oxygen atoms in total. The minimum atomic E-state index is -3.43. The Morgan fingerprint density at radius 3 is 2.30 bits per heavy atom. The van der Waals surface area contributed by atoms with Crippen molar-refractivity contribution in [2.24, 2.45) is 0 Å². The lowest BCUT2D eigenvalue weighted by Gasteiger charge is -2.21. The molecular weight excluding hydrogens is 340 g/mol. The molecule has 0 bridgehead atoms. The van der Waals surface area contributed by atoms with Gasteiger partial charge in [0.25, 0.3) is 0 Å². The van der Waals surface area contributed by atoms with Gasteiger partial charge in [-0.15, -0.1) is 0 Å². The number of halogens is 1. The Kier molecular flexibility index (Phi) is 6.64. The Balaban J connectivity index is 3.32. The molecule has 0 saturated carbocycles. The van der Waals surface area contributed by atoms with Gasteiger partial charge in [0.1, 0.15) is 0 Å². The first-order chi connectivity index (χ1) is 9.38. The van der Waals surface area contributed by atoms with Crippen LogP contribution in [-0.2, 0) is 16.6 Å². The summed E-state index contributed by atoms with van der Waals surface area (Å²) in [6.07, 6.45) is 0. The fraction of sp³-hybridized carbons (Fsp3) is 0.571. The molecular formula is C14H23BrN2O2S. The third-order valence-electron chi connectivity index (χ3n) is 3.26. The third kappa shape index (κ3) is 3.81. The Hall–Kier alpha value is -0.430. The van der Waals surface area contributed by atoms with Gasteiger partial charge in [0.2, 0.25) is 10.0 Å². The smallest absolute Gasteiger partial charge is 0.243 e. The van der Waals surface area contributed by atoms with E-state index in [1.165, 1.54) is 4.31 Å². The summed E-state index contributed by atoms with van der Waals surface area (Å²) in [6, 6.07) is 3.75. The number of benzene rings is 1. The van der Waals surface area contributed by atoms with E-state index in [2.05, 4.69) is 21.2 Å². The monoisotopic (exact) mass is 362 g/mol. The number of rotatable bonds is 7. The van der Waals surface area contributed by atoms with Crippen LogP contribution in [0.3, 0.4) is 0 Å². The molecule has 1 aromatic rings. The molecule has 0 atom stereocenters. The first kappa shape index (κ1) is 17.6. The number of nitrogens with zero attached hydrogens (tertiary/aromatic N) is 1. The van der Waals surface area contributed by atoms with Gasteiger partial charge < -0.3 is 5.32 Å². The van der Waals surface area contributed by atoms with Gasteiger partial charge in [-0.25, -0.2) is 8.42 Å². The van der Waals surface area contributed by atoms with Crippen LogP contribution in [0.1, 0.15) is 31.9 Å². The Labute approximate surface area is 130 Å². The van der Waals surface area contributed by atoms with Gasteiger partial charge in [-0.3, -0.25) is 0 Å². The van der Waals surface area contributed by atoms with Crippen molar-refractivity contribution < 1.29 is 8.42 Å². The summed E-state index contributed by atoms with van der Waals surface area (Å²) in [6.45, 7) is 10.0. The quantitative estimate of drug-likeness (QED) is 0.811. The topological polar surface area (TPSA) is 49.4 Å². The predicted molar refractivity (Wildman–Crippen MR) is 86.4 cm³/mol. The lowest BCUT2D eigenvalue weighted by atomic mass is 10.1. The maximum atomic E-state index is 12.7. The summed E-state index contributed by atoms with van der Waals surface area (Å²) >= 11 is 3.46. The van der Waals surface area contributed by atoms with Crippen LogP contribution in [0.4, 0.5) is 0 Å². The molecule has 0 saturated heterocycles. The summed E-state index contributed by atoms with van der Waals surface area (Å²) in [7, 11) is -3.43. The van der Waals surface area contributed by atoms with Crippen molar-refractivity contribution in [3.05, 3.63) is 27.7 Å². The van der Waals surface area contributed by atoms with Gasteiger partial charge in [-0.1, -0.05) is 36.7 Å². The van der Waals surface area contributed by atoms with Crippen molar-refractivity contribution in [1.82, 2.24) is 9.62 Å². The largest absolute Gasteiger partial charge is 0.313 e. The molecule has 1 rings (SSSR count). The maximum Gasteiger partial charge on any atom is 0.243 e. The Morgan fingerprint density at radius 2 is 1.80 bits per heavy atom. The summed E-state index contributed by atoms with van der Waals surface area (Å²) in [5.41, 5.74) is 1.73. The highest BCUT2D eigenvalue weighted by Crippen LogP contribution is 2.28. The third-order valence-corrected chi connectivity index (χ3v) is 6.26. The van der Waals surface area contributed by atoms with E-state index in [-0.39, 0.29) is 0 Å². The fourth-order valence-electron chi connectivity index (χ4n) is 2.05. The highest BCUT2D eigenvalue weighted by molar-refractivity contribution is 9.10. The molecule has 0 aliphatic heterocycles. The SMILES string of the molecule is CCNCc1cc(Br)c(C)c(S(=O)(=O)N(CC)CC)c1. The summed E-state index contributed by atoms with van der Waals surface area (Å²) in [5.74, 6) is 0. The zero-order valence-corrected chi connectivity index (χ0v) is 14.9. The molecule has 114 valence electrons. The zero-order valence-electron chi connectivity index (χ0n) is 12.5. The van der Waals surface area contributed by atoms with Crippen molar-refractivity contribution >= 4 is 26.0 Å². The molecule has 0 unspecified atom stereocenters.